The Balaban J connectivity index is 2.26. The van der Waals surface area contributed by atoms with Crippen LogP contribution < -0.4 is 5.32 Å². The highest BCUT2D eigenvalue weighted by Crippen LogP contribution is 2.22. The van der Waals surface area contributed by atoms with Gasteiger partial charge in [0.05, 0.1) is 23.0 Å². The van der Waals surface area contributed by atoms with Crippen molar-refractivity contribution in [3.8, 4) is 0 Å². The van der Waals surface area contributed by atoms with Gasteiger partial charge in [-0.25, -0.2) is 4.79 Å². The third-order valence-corrected chi connectivity index (χ3v) is 3.73. The number of nitrogens with zero attached hydrogens (tertiary/aromatic N) is 1. The van der Waals surface area contributed by atoms with E-state index in [-0.39, 0.29) is 11.5 Å². The summed E-state index contributed by atoms with van der Waals surface area (Å²) in [4.78, 5) is 26.8. The number of hydrogen-bond donors (Lipinski definition) is 2. The van der Waals surface area contributed by atoms with Gasteiger partial charge in [0, 0.05) is 10.7 Å². The van der Waals surface area contributed by atoms with Gasteiger partial charge in [0.2, 0.25) is 0 Å². The van der Waals surface area contributed by atoms with E-state index in [9.17, 15) is 9.59 Å². The van der Waals surface area contributed by atoms with Crippen LogP contribution in [0.15, 0.2) is 41.1 Å². The zero-order valence-electron chi connectivity index (χ0n) is 10.6. The van der Waals surface area contributed by atoms with Crippen molar-refractivity contribution in [2.24, 2.45) is 0 Å². The molecule has 6 heteroatoms. The van der Waals surface area contributed by atoms with E-state index in [0.29, 0.717) is 15.7 Å². The number of aryl methyl sites for hydroxylation is 1. The molecule has 0 aliphatic carbocycles. The molecule has 5 nitrogen and oxygen atoms in total. The molecule has 0 saturated heterocycles. The number of aromatic carboxylic acids is 1. The van der Waals surface area contributed by atoms with Crippen molar-refractivity contribution in [1.29, 1.82) is 0 Å². The van der Waals surface area contributed by atoms with Crippen LogP contribution in [0.5, 0.6) is 0 Å². The standard InChI is InChI=1S/C14H11BrN2O3/c1-8-3-2-4-11(12(8)15)13(18)17-10-5-9(14(19)20)6-16-7-10/h2-7H,1H3,(H,17,18)(H,19,20). The fourth-order valence-electron chi connectivity index (χ4n) is 1.65. The predicted octanol–water partition coefficient (Wildman–Crippen LogP) is 3.10. The van der Waals surface area contributed by atoms with Crippen molar-refractivity contribution in [3.63, 3.8) is 0 Å². The van der Waals surface area contributed by atoms with Crippen molar-refractivity contribution in [2.45, 2.75) is 6.92 Å². The number of carboxylic acid groups (broad SMARTS) is 1. The van der Waals surface area contributed by atoms with Crippen molar-refractivity contribution in [2.75, 3.05) is 5.32 Å². The molecule has 2 N–H and O–H groups in total. The molecule has 0 aliphatic heterocycles. The third-order valence-electron chi connectivity index (χ3n) is 2.68. The molecular weight excluding hydrogens is 324 g/mol. The van der Waals surface area contributed by atoms with Crippen LogP contribution in [0.2, 0.25) is 0 Å². The molecule has 1 aromatic carbocycles. The predicted molar refractivity (Wildman–Crippen MR) is 78.0 cm³/mol. The Kier molecular flexibility index (Phi) is 4.14. The first-order chi connectivity index (χ1) is 9.49. The summed E-state index contributed by atoms with van der Waals surface area (Å²) in [6.45, 7) is 1.88. The zero-order valence-corrected chi connectivity index (χ0v) is 12.1. The van der Waals surface area contributed by atoms with E-state index in [1.54, 1.807) is 12.1 Å². The van der Waals surface area contributed by atoms with E-state index < -0.39 is 5.97 Å². The number of amides is 1. The summed E-state index contributed by atoms with van der Waals surface area (Å²) in [6, 6.07) is 6.70. The smallest absolute Gasteiger partial charge is 0.337 e. The molecule has 0 spiro atoms. The number of carbonyl (C=O) groups is 2. The number of pyridine rings is 1. The number of rotatable bonds is 3. The Morgan fingerprint density at radius 3 is 2.75 bits per heavy atom. The Labute approximate surface area is 123 Å². The quantitative estimate of drug-likeness (QED) is 0.903. The van der Waals surface area contributed by atoms with Crippen LogP contribution in [-0.4, -0.2) is 22.0 Å². The number of carbonyl (C=O) groups excluding carboxylic acids is 1. The van der Waals surface area contributed by atoms with Gasteiger partial charge in [0.15, 0.2) is 0 Å². The van der Waals surface area contributed by atoms with Crippen molar-refractivity contribution in [3.05, 3.63) is 57.8 Å². The lowest BCUT2D eigenvalue weighted by molar-refractivity contribution is 0.0696. The van der Waals surface area contributed by atoms with Gasteiger partial charge in [0.1, 0.15) is 0 Å². The lowest BCUT2D eigenvalue weighted by atomic mass is 10.1. The summed E-state index contributed by atoms with van der Waals surface area (Å²) in [7, 11) is 0. The minimum atomic E-state index is -1.09. The molecule has 0 bridgehead atoms. The molecule has 0 saturated carbocycles. The zero-order chi connectivity index (χ0) is 14.7. The minimum Gasteiger partial charge on any atom is -0.478 e. The number of halogens is 1. The first kappa shape index (κ1) is 14.2. The van der Waals surface area contributed by atoms with Gasteiger partial charge in [-0.3, -0.25) is 9.78 Å². The molecule has 20 heavy (non-hydrogen) atoms. The molecule has 0 aliphatic rings. The van der Waals surface area contributed by atoms with Gasteiger partial charge >= 0.3 is 5.97 Å². The molecule has 0 fully saturated rings. The number of hydrogen-bond acceptors (Lipinski definition) is 3. The van der Waals surface area contributed by atoms with Crippen LogP contribution in [-0.2, 0) is 0 Å². The molecule has 0 atom stereocenters. The van der Waals surface area contributed by atoms with E-state index >= 15 is 0 Å². The topological polar surface area (TPSA) is 79.3 Å². The van der Waals surface area contributed by atoms with E-state index in [0.717, 1.165) is 5.56 Å². The van der Waals surface area contributed by atoms with E-state index in [2.05, 4.69) is 26.2 Å². The van der Waals surface area contributed by atoms with E-state index in [4.69, 9.17) is 5.11 Å². The first-order valence-electron chi connectivity index (χ1n) is 5.74. The molecule has 1 heterocycles. The van der Waals surface area contributed by atoms with Gasteiger partial charge < -0.3 is 10.4 Å². The second-order valence-electron chi connectivity index (χ2n) is 4.16. The second kappa shape index (κ2) is 5.83. The highest BCUT2D eigenvalue weighted by atomic mass is 79.9. The van der Waals surface area contributed by atoms with Crippen LogP contribution in [0, 0.1) is 6.92 Å². The highest BCUT2D eigenvalue weighted by molar-refractivity contribution is 9.10. The molecule has 0 unspecified atom stereocenters. The van der Waals surface area contributed by atoms with Gasteiger partial charge in [-0.15, -0.1) is 0 Å². The number of benzene rings is 1. The summed E-state index contributed by atoms with van der Waals surface area (Å²) >= 11 is 3.36. The van der Waals surface area contributed by atoms with Crippen LogP contribution in [0.1, 0.15) is 26.3 Å². The molecular formula is C14H11BrN2O3. The minimum absolute atomic E-state index is 0.0195. The van der Waals surface area contributed by atoms with Crippen molar-refractivity contribution >= 4 is 33.5 Å². The molecule has 2 aromatic rings. The average Bonchev–Trinajstić information content (AvgIpc) is 2.42. The molecule has 1 amide bonds. The molecule has 102 valence electrons. The summed E-state index contributed by atoms with van der Waals surface area (Å²) < 4.78 is 0.708. The lowest BCUT2D eigenvalue weighted by Crippen LogP contribution is -2.13. The maximum atomic E-state index is 12.2. The van der Waals surface area contributed by atoms with Crippen LogP contribution in [0.25, 0.3) is 0 Å². The number of carboxylic acids is 1. The fraction of sp³-hybridized carbons (Fsp3) is 0.0714. The Bertz CT molecular complexity index is 686. The second-order valence-corrected chi connectivity index (χ2v) is 4.95. The van der Waals surface area contributed by atoms with Crippen LogP contribution in [0.3, 0.4) is 0 Å². The lowest BCUT2D eigenvalue weighted by Gasteiger charge is -2.08. The van der Waals surface area contributed by atoms with Gasteiger partial charge in [-0.1, -0.05) is 12.1 Å². The summed E-state index contributed by atoms with van der Waals surface area (Å²) in [6.07, 6.45) is 2.62. The van der Waals surface area contributed by atoms with Crippen LogP contribution in [0.4, 0.5) is 5.69 Å². The largest absolute Gasteiger partial charge is 0.478 e. The molecule has 1 aromatic heterocycles. The van der Waals surface area contributed by atoms with Gasteiger partial charge in [-0.05, 0) is 40.5 Å². The third kappa shape index (κ3) is 3.03. The summed E-state index contributed by atoms with van der Waals surface area (Å²) in [5.41, 5.74) is 1.77. The summed E-state index contributed by atoms with van der Waals surface area (Å²) in [5.74, 6) is -1.42. The van der Waals surface area contributed by atoms with Crippen molar-refractivity contribution < 1.29 is 14.7 Å². The molecule has 0 radical (unpaired) electrons. The maximum Gasteiger partial charge on any atom is 0.337 e. The summed E-state index contributed by atoms with van der Waals surface area (Å²) in [5, 5.41) is 11.5. The molecule has 2 rings (SSSR count). The van der Waals surface area contributed by atoms with E-state index in [1.165, 1.54) is 18.5 Å². The fourth-order valence-corrected chi connectivity index (χ4v) is 2.09. The SMILES string of the molecule is Cc1cccc(C(=O)Nc2cncc(C(=O)O)c2)c1Br. The Morgan fingerprint density at radius 1 is 1.30 bits per heavy atom. The van der Waals surface area contributed by atoms with Crippen molar-refractivity contribution in [1.82, 2.24) is 4.98 Å². The van der Waals surface area contributed by atoms with Gasteiger partial charge in [0.25, 0.3) is 5.91 Å². The van der Waals surface area contributed by atoms with E-state index in [1.807, 2.05) is 13.0 Å². The number of nitrogens with one attached hydrogen (secondary N) is 1. The Hall–Kier alpha value is -2.21. The number of aromatic nitrogens is 1. The first-order valence-corrected chi connectivity index (χ1v) is 6.53. The van der Waals surface area contributed by atoms with Crippen LogP contribution >= 0.6 is 15.9 Å². The Morgan fingerprint density at radius 2 is 2.05 bits per heavy atom. The average molecular weight is 335 g/mol. The monoisotopic (exact) mass is 334 g/mol. The highest BCUT2D eigenvalue weighted by Gasteiger charge is 2.12. The normalized spacial score (nSPS) is 10.1. The number of anilines is 1. The maximum absolute atomic E-state index is 12.2. The van der Waals surface area contributed by atoms with Gasteiger partial charge in [-0.2, -0.15) is 0 Å².